The van der Waals surface area contributed by atoms with Gasteiger partial charge >= 0.3 is 6.36 Å². The Hall–Kier alpha value is -3.62. The summed E-state index contributed by atoms with van der Waals surface area (Å²) in [6.07, 6.45) is 0.516. The second kappa shape index (κ2) is 7.18. The van der Waals surface area contributed by atoms with Crippen LogP contribution in [0.25, 0.3) is 17.2 Å². The molecule has 0 aliphatic heterocycles. The van der Waals surface area contributed by atoms with Gasteiger partial charge in [0.1, 0.15) is 22.9 Å². The summed E-state index contributed by atoms with van der Waals surface area (Å²) in [5, 5.41) is 3.14. The van der Waals surface area contributed by atoms with Crippen LogP contribution in [0.1, 0.15) is 5.56 Å². The Labute approximate surface area is 157 Å². The van der Waals surface area contributed by atoms with Crippen LogP contribution in [0.2, 0.25) is 0 Å². The van der Waals surface area contributed by atoms with Crippen LogP contribution < -0.4 is 10.1 Å². The molecule has 0 atom stereocenters. The molecule has 6 nitrogen and oxygen atoms in total. The predicted octanol–water partition coefficient (Wildman–Crippen LogP) is 4.30. The topological polar surface area (TPSA) is 64.3 Å². The molecule has 3 heterocycles. The third-order valence-electron chi connectivity index (χ3n) is 3.93. The third-order valence-corrected chi connectivity index (χ3v) is 3.93. The van der Waals surface area contributed by atoms with Gasteiger partial charge in [-0.05, 0) is 35.9 Å². The summed E-state index contributed by atoms with van der Waals surface area (Å²) in [6, 6.07) is 13.1. The Morgan fingerprint density at radius 3 is 2.61 bits per heavy atom. The number of halogens is 3. The number of alkyl halides is 3. The van der Waals surface area contributed by atoms with Gasteiger partial charge in [0, 0.05) is 18.9 Å². The molecule has 9 heteroatoms. The van der Waals surface area contributed by atoms with E-state index in [1.807, 2.05) is 28.8 Å². The van der Waals surface area contributed by atoms with Crippen molar-refractivity contribution in [3.63, 3.8) is 0 Å². The molecule has 0 radical (unpaired) electrons. The van der Waals surface area contributed by atoms with Crippen LogP contribution in [0.4, 0.5) is 19.0 Å². The largest absolute Gasteiger partial charge is 0.573 e. The van der Waals surface area contributed by atoms with Gasteiger partial charge in [-0.2, -0.15) is 0 Å². The average molecular weight is 385 g/mol. The summed E-state index contributed by atoms with van der Waals surface area (Å²) in [6.45, 7) is 0.385. The van der Waals surface area contributed by atoms with Crippen molar-refractivity contribution >= 4 is 11.5 Å². The molecule has 1 aromatic carbocycles. The van der Waals surface area contributed by atoms with Crippen LogP contribution >= 0.6 is 0 Å². The predicted molar refractivity (Wildman–Crippen MR) is 96.7 cm³/mol. The number of ether oxygens (including phenoxy) is 1. The maximum Gasteiger partial charge on any atom is 0.573 e. The van der Waals surface area contributed by atoms with E-state index in [0.29, 0.717) is 18.2 Å². The number of aromatic nitrogens is 4. The molecule has 0 aliphatic rings. The summed E-state index contributed by atoms with van der Waals surface area (Å²) in [7, 11) is 0. The van der Waals surface area contributed by atoms with Crippen LogP contribution in [0.15, 0.2) is 67.1 Å². The molecule has 4 aromatic rings. The zero-order valence-corrected chi connectivity index (χ0v) is 14.4. The Bertz CT molecular complexity index is 1090. The molecule has 1 N–H and O–H groups in total. The number of anilines is 1. The first-order valence-electron chi connectivity index (χ1n) is 8.32. The van der Waals surface area contributed by atoms with Crippen molar-refractivity contribution in [3.8, 4) is 17.3 Å². The average Bonchev–Trinajstić information content (AvgIpc) is 3.11. The lowest BCUT2D eigenvalue weighted by molar-refractivity contribution is -0.274. The molecule has 0 saturated heterocycles. The number of hydrogen-bond donors (Lipinski definition) is 1. The van der Waals surface area contributed by atoms with Crippen molar-refractivity contribution in [3.05, 3.63) is 72.7 Å². The first-order valence-corrected chi connectivity index (χ1v) is 8.32. The molecule has 0 bridgehead atoms. The molecular weight excluding hydrogens is 371 g/mol. The second-order valence-corrected chi connectivity index (χ2v) is 5.88. The van der Waals surface area contributed by atoms with E-state index in [9.17, 15) is 13.2 Å². The van der Waals surface area contributed by atoms with Gasteiger partial charge in [-0.1, -0.05) is 18.2 Å². The lowest BCUT2D eigenvalue weighted by atomic mass is 10.2. The van der Waals surface area contributed by atoms with E-state index in [-0.39, 0.29) is 5.75 Å². The molecular formula is C19H14F3N5O. The number of pyridine rings is 1. The molecule has 28 heavy (non-hydrogen) atoms. The lowest BCUT2D eigenvalue weighted by Crippen LogP contribution is -2.17. The van der Waals surface area contributed by atoms with E-state index in [4.69, 9.17) is 0 Å². The van der Waals surface area contributed by atoms with E-state index >= 15 is 0 Å². The van der Waals surface area contributed by atoms with E-state index in [2.05, 4.69) is 25.0 Å². The zero-order valence-electron chi connectivity index (χ0n) is 14.4. The monoisotopic (exact) mass is 385 g/mol. The van der Waals surface area contributed by atoms with E-state index in [1.54, 1.807) is 30.6 Å². The Morgan fingerprint density at radius 2 is 1.82 bits per heavy atom. The minimum Gasteiger partial charge on any atom is -0.406 e. The van der Waals surface area contributed by atoms with Crippen molar-refractivity contribution in [2.24, 2.45) is 0 Å². The zero-order chi connectivity index (χ0) is 19.6. The smallest absolute Gasteiger partial charge is 0.406 e. The standard InChI is InChI=1S/C19H14F3N5O/c20-19(21,22)28-14-6-4-13(5-7-14)11-24-16-8-9-23-18(26-16)15-12-25-17-3-1-2-10-27(15)17/h1-10,12H,11H2,(H,23,24,26). The summed E-state index contributed by atoms with van der Waals surface area (Å²) in [5.74, 6) is 0.845. The van der Waals surface area contributed by atoms with Crippen LogP contribution in [0, 0.1) is 0 Å². The minimum absolute atomic E-state index is 0.256. The van der Waals surface area contributed by atoms with Crippen LogP contribution in [0.3, 0.4) is 0 Å². The summed E-state index contributed by atoms with van der Waals surface area (Å²) in [4.78, 5) is 13.1. The van der Waals surface area contributed by atoms with Gasteiger partial charge in [0.2, 0.25) is 0 Å². The van der Waals surface area contributed by atoms with Crippen LogP contribution in [0.5, 0.6) is 5.75 Å². The van der Waals surface area contributed by atoms with Crippen molar-refractivity contribution in [1.82, 2.24) is 19.4 Å². The number of rotatable bonds is 5. The molecule has 0 unspecified atom stereocenters. The quantitative estimate of drug-likeness (QED) is 0.555. The maximum atomic E-state index is 12.2. The Kier molecular flexibility index (Phi) is 4.56. The van der Waals surface area contributed by atoms with Crippen molar-refractivity contribution < 1.29 is 17.9 Å². The number of fused-ring (bicyclic) bond motifs is 1. The molecule has 142 valence electrons. The van der Waals surface area contributed by atoms with Gasteiger partial charge in [-0.15, -0.1) is 13.2 Å². The fourth-order valence-electron chi connectivity index (χ4n) is 2.68. The first kappa shape index (κ1) is 17.8. The van der Waals surface area contributed by atoms with Crippen molar-refractivity contribution in [1.29, 1.82) is 0 Å². The molecule has 0 saturated carbocycles. The number of imidazole rings is 1. The minimum atomic E-state index is -4.70. The van der Waals surface area contributed by atoms with Gasteiger partial charge in [0.15, 0.2) is 5.82 Å². The van der Waals surface area contributed by atoms with Gasteiger partial charge < -0.3 is 10.1 Å². The second-order valence-electron chi connectivity index (χ2n) is 5.88. The summed E-state index contributed by atoms with van der Waals surface area (Å²) < 4.78 is 42.4. The SMILES string of the molecule is FC(F)(F)Oc1ccc(CNc2ccnc(-c3cnc4ccccn34)n2)cc1. The fourth-order valence-corrected chi connectivity index (χ4v) is 2.68. The van der Waals surface area contributed by atoms with Crippen molar-refractivity contribution in [2.45, 2.75) is 12.9 Å². The third kappa shape index (κ3) is 4.03. The number of benzene rings is 1. The number of hydrogen-bond acceptors (Lipinski definition) is 5. The van der Waals surface area contributed by atoms with E-state index < -0.39 is 6.36 Å². The Balaban J connectivity index is 1.47. The van der Waals surface area contributed by atoms with E-state index in [0.717, 1.165) is 16.9 Å². The first-order chi connectivity index (χ1) is 13.5. The normalized spacial score (nSPS) is 11.5. The van der Waals surface area contributed by atoms with Crippen LogP contribution in [-0.2, 0) is 6.54 Å². The highest BCUT2D eigenvalue weighted by atomic mass is 19.4. The Morgan fingerprint density at radius 1 is 1.00 bits per heavy atom. The number of nitrogens with zero attached hydrogens (tertiary/aromatic N) is 4. The molecule has 0 amide bonds. The van der Waals surface area contributed by atoms with Gasteiger partial charge in [-0.25, -0.2) is 15.0 Å². The molecule has 3 aromatic heterocycles. The van der Waals surface area contributed by atoms with Gasteiger partial charge in [0.05, 0.1) is 6.20 Å². The molecule has 0 fully saturated rings. The van der Waals surface area contributed by atoms with E-state index in [1.165, 1.54) is 12.1 Å². The molecule has 4 rings (SSSR count). The summed E-state index contributed by atoms with van der Waals surface area (Å²) >= 11 is 0. The highest BCUT2D eigenvalue weighted by Gasteiger charge is 2.30. The fraction of sp³-hybridized carbons (Fsp3) is 0.105. The summed E-state index contributed by atoms with van der Waals surface area (Å²) in [5.41, 5.74) is 2.33. The molecule has 0 aliphatic carbocycles. The van der Waals surface area contributed by atoms with Crippen LogP contribution in [-0.4, -0.2) is 25.7 Å². The maximum absolute atomic E-state index is 12.2. The number of nitrogens with one attached hydrogen (secondary N) is 1. The van der Waals surface area contributed by atoms with Crippen molar-refractivity contribution in [2.75, 3.05) is 5.32 Å². The van der Waals surface area contributed by atoms with Gasteiger partial charge in [0.25, 0.3) is 0 Å². The van der Waals surface area contributed by atoms with Gasteiger partial charge in [-0.3, -0.25) is 4.40 Å². The highest BCUT2D eigenvalue weighted by Crippen LogP contribution is 2.23. The highest BCUT2D eigenvalue weighted by molar-refractivity contribution is 5.58. The lowest BCUT2D eigenvalue weighted by Gasteiger charge is -2.10. The molecule has 0 spiro atoms.